The van der Waals surface area contributed by atoms with E-state index in [1.165, 1.54) is 17.5 Å². The first kappa shape index (κ1) is 12.2. The molecule has 1 aliphatic carbocycles. The monoisotopic (exact) mass is 235 g/mol. The van der Waals surface area contributed by atoms with E-state index in [1.54, 1.807) is 14.2 Å². The van der Waals surface area contributed by atoms with Crippen LogP contribution in [-0.2, 0) is 6.42 Å². The van der Waals surface area contributed by atoms with Crippen molar-refractivity contribution in [2.24, 2.45) is 0 Å². The zero-order valence-electron chi connectivity index (χ0n) is 11.1. The molecule has 94 valence electrons. The molecule has 3 heteroatoms. The van der Waals surface area contributed by atoms with E-state index in [4.69, 9.17) is 9.47 Å². The van der Waals surface area contributed by atoms with Crippen LogP contribution >= 0.6 is 0 Å². The molecule has 1 aliphatic rings. The summed E-state index contributed by atoms with van der Waals surface area (Å²) in [5.41, 5.74) is 2.76. The highest BCUT2D eigenvalue weighted by atomic mass is 16.5. The maximum Gasteiger partial charge on any atom is 0.164 e. The van der Waals surface area contributed by atoms with Crippen LogP contribution in [-0.4, -0.2) is 39.8 Å². The SMILES string of the molecule is COc1ccc2c(c1OC)CCC2CN(C)C. The standard InChI is InChI=1S/C14H21NO2/c1-15(2)9-10-5-6-12-11(10)7-8-13(16-3)14(12)17-4/h7-8,10H,5-6,9H2,1-4H3. The molecule has 3 nitrogen and oxygen atoms in total. The van der Waals surface area contributed by atoms with Gasteiger partial charge in [0.25, 0.3) is 0 Å². The summed E-state index contributed by atoms with van der Waals surface area (Å²) in [5, 5.41) is 0. The predicted octanol–water partition coefficient (Wildman–Crippen LogP) is 2.30. The molecule has 0 aromatic heterocycles. The van der Waals surface area contributed by atoms with Crippen LogP contribution in [0.5, 0.6) is 11.5 Å². The molecule has 1 atom stereocenters. The lowest BCUT2D eigenvalue weighted by atomic mass is 10.0. The molecule has 1 aromatic rings. The number of rotatable bonds is 4. The van der Waals surface area contributed by atoms with Gasteiger partial charge in [0, 0.05) is 12.1 Å². The molecule has 0 saturated carbocycles. The Bertz CT molecular complexity index is 401. The number of hydrogen-bond donors (Lipinski definition) is 0. The highest BCUT2D eigenvalue weighted by molar-refractivity contribution is 5.54. The van der Waals surface area contributed by atoms with Crippen LogP contribution in [0.4, 0.5) is 0 Å². The topological polar surface area (TPSA) is 21.7 Å². The zero-order chi connectivity index (χ0) is 12.4. The molecule has 0 bridgehead atoms. The van der Waals surface area contributed by atoms with Gasteiger partial charge in [-0.1, -0.05) is 6.07 Å². The van der Waals surface area contributed by atoms with Crippen LogP contribution in [0.3, 0.4) is 0 Å². The van der Waals surface area contributed by atoms with Gasteiger partial charge in [-0.05, 0) is 44.5 Å². The van der Waals surface area contributed by atoms with Crippen LogP contribution in [0.25, 0.3) is 0 Å². The van der Waals surface area contributed by atoms with Crippen LogP contribution in [0.15, 0.2) is 12.1 Å². The van der Waals surface area contributed by atoms with Crippen molar-refractivity contribution in [1.82, 2.24) is 4.90 Å². The Kier molecular flexibility index (Phi) is 3.57. The molecule has 0 N–H and O–H groups in total. The van der Waals surface area contributed by atoms with Gasteiger partial charge < -0.3 is 14.4 Å². The lowest BCUT2D eigenvalue weighted by molar-refractivity contribution is 0.352. The van der Waals surface area contributed by atoms with Crippen molar-refractivity contribution in [3.8, 4) is 11.5 Å². The normalized spacial score (nSPS) is 18.3. The molecule has 0 amide bonds. The first-order valence-corrected chi connectivity index (χ1v) is 6.05. The fourth-order valence-electron chi connectivity index (χ4n) is 2.75. The van der Waals surface area contributed by atoms with Crippen molar-refractivity contribution in [2.75, 3.05) is 34.9 Å². The van der Waals surface area contributed by atoms with Gasteiger partial charge in [-0.15, -0.1) is 0 Å². The Morgan fingerprint density at radius 3 is 2.59 bits per heavy atom. The number of methoxy groups -OCH3 is 2. The molecule has 0 aliphatic heterocycles. The van der Waals surface area contributed by atoms with Crippen molar-refractivity contribution in [2.45, 2.75) is 18.8 Å². The summed E-state index contributed by atoms with van der Waals surface area (Å²) in [6.07, 6.45) is 2.30. The van der Waals surface area contributed by atoms with Gasteiger partial charge in [-0.2, -0.15) is 0 Å². The third kappa shape index (κ3) is 2.25. The first-order valence-electron chi connectivity index (χ1n) is 6.05. The zero-order valence-corrected chi connectivity index (χ0v) is 11.1. The van der Waals surface area contributed by atoms with E-state index in [2.05, 4.69) is 25.1 Å². The van der Waals surface area contributed by atoms with Crippen molar-refractivity contribution in [3.05, 3.63) is 23.3 Å². The molecule has 0 spiro atoms. The van der Waals surface area contributed by atoms with Crippen LogP contribution in [0.1, 0.15) is 23.5 Å². The van der Waals surface area contributed by atoms with Crippen molar-refractivity contribution < 1.29 is 9.47 Å². The Hall–Kier alpha value is -1.22. The number of ether oxygens (including phenoxy) is 2. The van der Waals surface area contributed by atoms with Crippen LogP contribution < -0.4 is 9.47 Å². The third-order valence-corrected chi connectivity index (χ3v) is 3.45. The van der Waals surface area contributed by atoms with Crippen LogP contribution in [0.2, 0.25) is 0 Å². The van der Waals surface area contributed by atoms with E-state index in [9.17, 15) is 0 Å². The average Bonchev–Trinajstić information content (AvgIpc) is 2.70. The van der Waals surface area contributed by atoms with E-state index in [0.29, 0.717) is 5.92 Å². The molecule has 0 fully saturated rings. The maximum absolute atomic E-state index is 5.49. The van der Waals surface area contributed by atoms with Crippen molar-refractivity contribution in [3.63, 3.8) is 0 Å². The van der Waals surface area contributed by atoms with E-state index in [0.717, 1.165) is 24.5 Å². The summed E-state index contributed by atoms with van der Waals surface area (Å²) >= 11 is 0. The van der Waals surface area contributed by atoms with Crippen molar-refractivity contribution in [1.29, 1.82) is 0 Å². The second kappa shape index (κ2) is 4.96. The van der Waals surface area contributed by atoms with Gasteiger partial charge in [-0.3, -0.25) is 0 Å². The lowest BCUT2D eigenvalue weighted by Crippen LogP contribution is -2.18. The molecule has 17 heavy (non-hydrogen) atoms. The minimum atomic E-state index is 0.625. The molecule has 1 unspecified atom stereocenters. The Labute approximate surface area is 103 Å². The van der Waals surface area contributed by atoms with E-state index in [1.807, 2.05) is 6.07 Å². The summed E-state index contributed by atoms with van der Waals surface area (Å²) in [6, 6.07) is 4.21. The van der Waals surface area contributed by atoms with Crippen molar-refractivity contribution >= 4 is 0 Å². The minimum absolute atomic E-state index is 0.625. The third-order valence-electron chi connectivity index (χ3n) is 3.45. The summed E-state index contributed by atoms with van der Waals surface area (Å²) < 4.78 is 10.8. The number of likely N-dealkylation sites (N-methyl/N-ethyl adjacent to an activating group) is 1. The molecule has 2 rings (SSSR count). The summed E-state index contributed by atoms with van der Waals surface area (Å²) in [5.74, 6) is 2.39. The minimum Gasteiger partial charge on any atom is -0.493 e. The molecular formula is C14H21NO2. The van der Waals surface area contributed by atoms with Gasteiger partial charge >= 0.3 is 0 Å². The number of nitrogens with zero attached hydrogens (tertiary/aromatic N) is 1. The van der Waals surface area contributed by atoms with Crippen LogP contribution in [0, 0.1) is 0 Å². The van der Waals surface area contributed by atoms with Gasteiger partial charge in [0.05, 0.1) is 14.2 Å². The summed E-state index contributed by atoms with van der Waals surface area (Å²) in [6.45, 7) is 1.10. The van der Waals surface area contributed by atoms with Gasteiger partial charge in [0.1, 0.15) is 0 Å². The fraction of sp³-hybridized carbons (Fsp3) is 0.571. The fourth-order valence-corrected chi connectivity index (χ4v) is 2.75. The lowest BCUT2D eigenvalue weighted by Gasteiger charge is -2.18. The van der Waals surface area contributed by atoms with E-state index >= 15 is 0 Å². The Morgan fingerprint density at radius 2 is 2.00 bits per heavy atom. The maximum atomic E-state index is 5.49. The average molecular weight is 235 g/mol. The van der Waals surface area contributed by atoms with Gasteiger partial charge in [0.15, 0.2) is 11.5 Å². The molecule has 0 radical (unpaired) electrons. The largest absolute Gasteiger partial charge is 0.493 e. The highest BCUT2D eigenvalue weighted by Crippen LogP contribution is 2.43. The Balaban J connectivity index is 2.35. The number of benzene rings is 1. The second-order valence-electron chi connectivity index (χ2n) is 4.87. The number of fused-ring (bicyclic) bond motifs is 1. The predicted molar refractivity (Wildman–Crippen MR) is 69.2 cm³/mol. The van der Waals surface area contributed by atoms with E-state index in [-0.39, 0.29) is 0 Å². The first-order chi connectivity index (χ1) is 8.17. The van der Waals surface area contributed by atoms with E-state index < -0.39 is 0 Å². The summed E-state index contributed by atoms with van der Waals surface area (Å²) in [4.78, 5) is 2.25. The van der Waals surface area contributed by atoms with Gasteiger partial charge in [0.2, 0.25) is 0 Å². The second-order valence-corrected chi connectivity index (χ2v) is 4.87. The smallest absolute Gasteiger partial charge is 0.164 e. The quantitative estimate of drug-likeness (QED) is 0.799. The Morgan fingerprint density at radius 1 is 1.24 bits per heavy atom. The highest BCUT2D eigenvalue weighted by Gasteiger charge is 2.27. The summed E-state index contributed by atoms with van der Waals surface area (Å²) in [7, 11) is 7.66. The van der Waals surface area contributed by atoms with Gasteiger partial charge in [-0.25, -0.2) is 0 Å². The number of hydrogen-bond acceptors (Lipinski definition) is 3. The molecule has 1 aromatic carbocycles. The molecule has 0 heterocycles. The molecular weight excluding hydrogens is 214 g/mol. The molecule has 0 saturated heterocycles.